The molecule has 0 aliphatic rings. The molecule has 0 spiro atoms. The number of amides is 1. The Kier molecular flexibility index (Phi) is 6.16. The van der Waals surface area contributed by atoms with Crippen LogP contribution in [0.4, 0.5) is 0 Å². The van der Waals surface area contributed by atoms with Gasteiger partial charge in [-0.05, 0) is 51.4 Å². The number of nitrogens with zero attached hydrogens (tertiary/aromatic N) is 2. The van der Waals surface area contributed by atoms with Gasteiger partial charge in [0, 0.05) is 12.1 Å². The molecule has 0 saturated heterocycles. The first kappa shape index (κ1) is 19.7. The normalized spacial score (nSPS) is 12.2. The monoisotopic (exact) mass is 383 g/mol. The van der Waals surface area contributed by atoms with Gasteiger partial charge in [0.15, 0.2) is 0 Å². The summed E-state index contributed by atoms with van der Waals surface area (Å²) in [6, 6.07) is 11.2. The number of hydrogen-bond acceptors (Lipinski definition) is 6. The predicted octanol–water partition coefficient (Wildman–Crippen LogP) is 3.21. The van der Waals surface area contributed by atoms with Crippen LogP contribution in [0.15, 0.2) is 51.5 Å². The van der Waals surface area contributed by atoms with E-state index in [0.717, 1.165) is 17.1 Å². The minimum absolute atomic E-state index is 0.0373. The number of carbonyl (C=O) groups is 1. The third-order valence-electron chi connectivity index (χ3n) is 4.52. The highest BCUT2D eigenvalue weighted by Crippen LogP contribution is 2.25. The molecule has 0 aliphatic heterocycles. The van der Waals surface area contributed by atoms with Crippen LogP contribution in [0.2, 0.25) is 0 Å². The molecule has 7 heteroatoms. The quantitative estimate of drug-likeness (QED) is 0.643. The second kappa shape index (κ2) is 8.75. The Morgan fingerprint density at radius 3 is 2.79 bits per heavy atom. The Bertz CT molecular complexity index is 916. The van der Waals surface area contributed by atoms with E-state index in [4.69, 9.17) is 13.6 Å². The molecule has 0 saturated carbocycles. The van der Waals surface area contributed by atoms with Crippen LogP contribution in [0.25, 0.3) is 11.5 Å². The first-order chi connectivity index (χ1) is 13.5. The van der Waals surface area contributed by atoms with E-state index >= 15 is 0 Å². The van der Waals surface area contributed by atoms with Crippen molar-refractivity contribution in [3.8, 4) is 17.2 Å². The van der Waals surface area contributed by atoms with Crippen molar-refractivity contribution in [3.63, 3.8) is 0 Å². The lowest BCUT2D eigenvalue weighted by molar-refractivity contribution is -0.120. The van der Waals surface area contributed by atoms with Gasteiger partial charge in [-0.15, -0.1) is 0 Å². The molecule has 3 rings (SSSR count). The number of oxazole rings is 1. The molecule has 0 fully saturated rings. The number of aromatic nitrogens is 1. The SMILES string of the molecule is COc1cccc(-c2nc(CC(=O)NCC(c3ccco3)N(C)C)c(C)o2)c1. The highest BCUT2D eigenvalue weighted by molar-refractivity contribution is 5.78. The Morgan fingerprint density at radius 2 is 2.11 bits per heavy atom. The fourth-order valence-electron chi connectivity index (χ4n) is 2.92. The van der Waals surface area contributed by atoms with Crippen molar-refractivity contribution in [2.75, 3.05) is 27.7 Å². The summed E-state index contributed by atoms with van der Waals surface area (Å²) in [6.07, 6.45) is 1.78. The Labute approximate surface area is 164 Å². The lowest BCUT2D eigenvalue weighted by Crippen LogP contribution is -2.35. The number of rotatable bonds is 8. The summed E-state index contributed by atoms with van der Waals surface area (Å²) in [6.45, 7) is 2.25. The molecular formula is C21H25N3O4. The van der Waals surface area contributed by atoms with Crippen LogP contribution in [-0.4, -0.2) is 43.5 Å². The van der Waals surface area contributed by atoms with Gasteiger partial charge in [0.2, 0.25) is 11.8 Å². The van der Waals surface area contributed by atoms with E-state index in [-0.39, 0.29) is 18.4 Å². The van der Waals surface area contributed by atoms with E-state index in [0.29, 0.717) is 23.9 Å². The molecular weight excluding hydrogens is 358 g/mol. The summed E-state index contributed by atoms with van der Waals surface area (Å²) >= 11 is 0. The summed E-state index contributed by atoms with van der Waals surface area (Å²) in [5.74, 6) is 2.51. The van der Waals surface area contributed by atoms with Crippen molar-refractivity contribution in [2.24, 2.45) is 0 Å². The molecule has 1 aromatic carbocycles. The highest BCUT2D eigenvalue weighted by atomic mass is 16.5. The van der Waals surface area contributed by atoms with E-state index in [1.165, 1.54) is 0 Å². The zero-order valence-electron chi connectivity index (χ0n) is 16.6. The van der Waals surface area contributed by atoms with Crippen LogP contribution in [0.3, 0.4) is 0 Å². The maximum absolute atomic E-state index is 12.4. The van der Waals surface area contributed by atoms with E-state index in [2.05, 4.69) is 10.3 Å². The third-order valence-corrected chi connectivity index (χ3v) is 4.52. The number of hydrogen-bond donors (Lipinski definition) is 1. The van der Waals surface area contributed by atoms with Gasteiger partial charge in [-0.1, -0.05) is 6.07 Å². The first-order valence-corrected chi connectivity index (χ1v) is 9.05. The van der Waals surface area contributed by atoms with Crippen molar-refractivity contribution >= 4 is 5.91 Å². The smallest absolute Gasteiger partial charge is 0.226 e. The van der Waals surface area contributed by atoms with Gasteiger partial charge in [-0.3, -0.25) is 9.69 Å². The minimum Gasteiger partial charge on any atom is -0.497 e. The Morgan fingerprint density at radius 1 is 1.29 bits per heavy atom. The van der Waals surface area contributed by atoms with Crippen molar-refractivity contribution < 1.29 is 18.4 Å². The summed E-state index contributed by atoms with van der Waals surface area (Å²) in [4.78, 5) is 18.9. The van der Waals surface area contributed by atoms with Crippen molar-refractivity contribution in [3.05, 3.63) is 59.9 Å². The molecule has 7 nitrogen and oxygen atoms in total. The van der Waals surface area contributed by atoms with E-state index in [1.807, 2.05) is 62.3 Å². The fourth-order valence-corrected chi connectivity index (χ4v) is 2.92. The Hall–Kier alpha value is -3.06. The largest absolute Gasteiger partial charge is 0.497 e. The van der Waals surface area contributed by atoms with Gasteiger partial charge in [0.1, 0.15) is 17.3 Å². The molecule has 148 valence electrons. The fraction of sp³-hybridized carbons (Fsp3) is 0.333. The van der Waals surface area contributed by atoms with Gasteiger partial charge in [0.25, 0.3) is 0 Å². The summed E-state index contributed by atoms with van der Waals surface area (Å²) in [5, 5.41) is 2.95. The molecule has 3 aromatic rings. The standard InChI is InChI=1S/C21H25N3O4/c1-14-17(23-21(28-14)15-7-5-8-16(11-15)26-4)12-20(25)22-13-18(24(2)3)19-9-6-10-27-19/h5-11,18H,12-13H2,1-4H3,(H,22,25). The van der Waals surface area contributed by atoms with Gasteiger partial charge in [0.05, 0.1) is 31.5 Å². The maximum Gasteiger partial charge on any atom is 0.226 e. The molecule has 0 bridgehead atoms. The number of benzene rings is 1. The molecule has 1 N–H and O–H groups in total. The van der Waals surface area contributed by atoms with Gasteiger partial charge >= 0.3 is 0 Å². The van der Waals surface area contributed by atoms with Crippen molar-refractivity contribution in [2.45, 2.75) is 19.4 Å². The molecule has 2 heterocycles. The van der Waals surface area contributed by atoms with Crippen LogP contribution < -0.4 is 10.1 Å². The number of methoxy groups -OCH3 is 1. The van der Waals surface area contributed by atoms with Crippen LogP contribution in [0, 0.1) is 6.92 Å². The molecule has 1 amide bonds. The predicted molar refractivity (Wildman–Crippen MR) is 105 cm³/mol. The third kappa shape index (κ3) is 4.61. The second-order valence-corrected chi connectivity index (χ2v) is 6.73. The zero-order chi connectivity index (χ0) is 20.1. The lowest BCUT2D eigenvalue weighted by Gasteiger charge is -2.22. The number of likely N-dealkylation sites (N-methyl/N-ethyl adjacent to an activating group) is 1. The van der Waals surface area contributed by atoms with Gasteiger partial charge in [-0.25, -0.2) is 4.98 Å². The van der Waals surface area contributed by atoms with Crippen molar-refractivity contribution in [1.29, 1.82) is 0 Å². The Balaban J connectivity index is 1.65. The highest BCUT2D eigenvalue weighted by Gasteiger charge is 2.19. The number of furan rings is 1. The second-order valence-electron chi connectivity index (χ2n) is 6.73. The molecule has 2 aromatic heterocycles. The average molecular weight is 383 g/mol. The van der Waals surface area contributed by atoms with Crippen LogP contribution in [-0.2, 0) is 11.2 Å². The summed E-state index contributed by atoms with van der Waals surface area (Å²) < 4.78 is 16.5. The molecule has 1 unspecified atom stereocenters. The first-order valence-electron chi connectivity index (χ1n) is 9.05. The number of aryl methyl sites for hydroxylation is 1. The molecule has 1 atom stereocenters. The number of carbonyl (C=O) groups excluding carboxylic acids is 1. The minimum atomic E-state index is -0.119. The maximum atomic E-state index is 12.4. The van der Waals surface area contributed by atoms with Gasteiger partial charge < -0.3 is 18.9 Å². The van der Waals surface area contributed by atoms with Crippen LogP contribution >= 0.6 is 0 Å². The number of nitrogens with one attached hydrogen (secondary N) is 1. The lowest BCUT2D eigenvalue weighted by atomic mass is 10.2. The summed E-state index contributed by atoms with van der Waals surface area (Å²) in [5.41, 5.74) is 1.43. The molecule has 0 aliphatic carbocycles. The van der Waals surface area contributed by atoms with Crippen LogP contribution in [0.5, 0.6) is 5.75 Å². The molecule has 0 radical (unpaired) electrons. The van der Waals surface area contributed by atoms with E-state index in [1.54, 1.807) is 13.4 Å². The van der Waals surface area contributed by atoms with Gasteiger partial charge in [-0.2, -0.15) is 0 Å². The summed E-state index contributed by atoms with van der Waals surface area (Å²) in [7, 11) is 5.50. The van der Waals surface area contributed by atoms with Crippen molar-refractivity contribution in [1.82, 2.24) is 15.2 Å². The van der Waals surface area contributed by atoms with E-state index < -0.39 is 0 Å². The number of ether oxygens (including phenoxy) is 1. The molecule has 28 heavy (non-hydrogen) atoms. The van der Waals surface area contributed by atoms with E-state index in [9.17, 15) is 4.79 Å². The average Bonchev–Trinajstić information content (AvgIpc) is 3.32. The topological polar surface area (TPSA) is 80.7 Å². The zero-order valence-corrected chi connectivity index (χ0v) is 16.6. The van der Waals surface area contributed by atoms with Crippen LogP contribution in [0.1, 0.15) is 23.3 Å².